The summed E-state index contributed by atoms with van der Waals surface area (Å²) in [6.07, 6.45) is 0.874. The van der Waals surface area contributed by atoms with E-state index in [2.05, 4.69) is 51.1 Å². The average molecular weight is 313 g/mol. The quantitative estimate of drug-likeness (QED) is 0.804. The second kappa shape index (κ2) is 6.50. The first kappa shape index (κ1) is 16.3. The minimum Gasteiger partial charge on any atom is -0.464 e. The number of rotatable bonds is 6. The van der Waals surface area contributed by atoms with E-state index in [1.165, 1.54) is 21.9 Å². The van der Waals surface area contributed by atoms with Crippen LogP contribution < -0.4 is 10.5 Å². The van der Waals surface area contributed by atoms with Crippen molar-refractivity contribution in [1.82, 2.24) is 0 Å². The van der Waals surface area contributed by atoms with Gasteiger partial charge in [-0.15, -0.1) is 0 Å². The lowest BCUT2D eigenvalue weighted by Crippen LogP contribution is -2.25. The van der Waals surface area contributed by atoms with E-state index >= 15 is 0 Å². The maximum absolute atomic E-state index is 6.16. The molecule has 1 aliphatic carbocycles. The van der Waals surface area contributed by atoms with Crippen LogP contribution in [0.25, 0.3) is 10.8 Å². The molecule has 0 saturated carbocycles. The van der Waals surface area contributed by atoms with Crippen molar-refractivity contribution >= 4 is 10.8 Å². The Bertz CT molecular complexity index is 679. The molecule has 0 saturated heterocycles. The fraction of sp³-hybridized carbons (Fsp3) is 0.500. The fourth-order valence-electron chi connectivity index (χ4n) is 3.97. The van der Waals surface area contributed by atoms with Crippen molar-refractivity contribution in [2.45, 2.75) is 45.3 Å². The van der Waals surface area contributed by atoms with Crippen LogP contribution in [-0.2, 0) is 4.74 Å². The molecule has 0 fully saturated rings. The van der Waals surface area contributed by atoms with Crippen LogP contribution in [0.1, 0.15) is 50.2 Å². The molecule has 1 aliphatic rings. The summed E-state index contributed by atoms with van der Waals surface area (Å²) in [5.41, 5.74) is 8.87. The van der Waals surface area contributed by atoms with Crippen LogP contribution in [-0.4, -0.2) is 19.9 Å². The first-order valence-electron chi connectivity index (χ1n) is 8.57. The number of hydrogen-bond donors (Lipinski definition) is 1. The lowest BCUT2D eigenvalue weighted by Gasteiger charge is -2.22. The van der Waals surface area contributed by atoms with E-state index in [1.54, 1.807) is 7.11 Å². The molecule has 0 aliphatic heterocycles. The molecule has 0 radical (unpaired) electrons. The van der Waals surface area contributed by atoms with Gasteiger partial charge in [-0.25, -0.2) is 0 Å². The third kappa shape index (κ3) is 2.62. The maximum Gasteiger partial charge on any atom is 0.201 e. The molecular formula is C20H27NO2. The first-order valence-corrected chi connectivity index (χ1v) is 8.57. The van der Waals surface area contributed by atoms with Gasteiger partial charge in [0.05, 0.1) is 0 Å². The molecule has 2 N–H and O–H groups in total. The number of hydrogen-bond acceptors (Lipinski definition) is 3. The highest BCUT2D eigenvalue weighted by molar-refractivity contribution is 5.96. The van der Waals surface area contributed by atoms with Gasteiger partial charge in [0, 0.05) is 24.3 Å². The Balaban J connectivity index is 2.12. The van der Waals surface area contributed by atoms with Crippen LogP contribution in [0.4, 0.5) is 0 Å². The molecule has 124 valence electrons. The number of nitrogens with two attached hydrogens (primary N) is 1. The second-order valence-corrected chi connectivity index (χ2v) is 6.75. The van der Waals surface area contributed by atoms with Gasteiger partial charge in [0.1, 0.15) is 5.75 Å². The minimum atomic E-state index is -0.235. The maximum atomic E-state index is 6.16. The van der Waals surface area contributed by atoms with Crippen LogP contribution in [0, 0.1) is 5.92 Å². The predicted molar refractivity (Wildman–Crippen MR) is 95.0 cm³/mol. The van der Waals surface area contributed by atoms with E-state index in [-0.39, 0.29) is 6.29 Å². The highest BCUT2D eigenvalue weighted by Crippen LogP contribution is 2.49. The molecule has 2 aromatic rings. The van der Waals surface area contributed by atoms with Gasteiger partial charge in [0.25, 0.3) is 0 Å². The van der Waals surface area contributed by atoms with Gasteiger partial charge < -0.3 is 15.2 Å². The van der Waals surface area contributed by atoms with E-state index in [0.29, 0.717) is 24.3 Å². The molecule has 0 amide bonds. The van der Waals surface area contributed by atoms with Crippen molar-refractivity contribution < 1.29 is 9.47 Å². The second-order valence-electron chi connectivity index (χ2n) is 6.75. The van der Waals surface area contributed by atoms with Gasteiger partial charge in [0.15, 0.2) is 0 Å². The zero-order valence-electron chi connectivity index (χ0n) is 14.5. The Labute approximate surface area is 138 Å². The van der Waals surface area contributed by atoms with E-state index in [0.717, 1.165) is 12.2 Å². The van der Waals surface area contributed by atoms with E-state index in [1.807, 2.05) is 0 Å². The molecule has 0 spiro atoms. The van der Waals surface area contributed by atoms with Gasteiger partial charge in [-0.2, -0.15) is 0 Å². The van der Waals surface area contributed by atoms with Crippen molar-refractivity contribution in [3.63, 3.8) is 0 Å². The molecule has 0 heterocycles. The third-order valence-electron chi connectivity index (χ3n) is 5.06. The Hall–Kier alpha value is -1.58. The zero-order chi connectivity index (χ0) is 16.6. The Morgan fingerprint density at radius 2 is 1.83 bits per heavy atom. The van der Waals surface area contributed by atoms with Gasteiger partial charge in [0.2, 0.25) is 6.29 Å². The summed E-state index contributed by atoms with van der Waals surface area (Å²) in [7, 11) is 1.70. The van der Waals surface area contributed by atoms with Crippen molar-refractivity contribution in [3.8, 4) is 5.75 Å². The van der Waals surface area contributed by atoms with Gasteiger partial charge in [-0.1, -0.05) is 45.0 Å². The smallest absolute Gasteiger partial charge is 0.201 e. The molecule has 0 bridgehead atoms. The summed E-state index contributed by atoms with van der Waals surface area (Å²) < 4.78 is 11.6. The van der Waals surface area contributed by atoms with Crippen LogP contribution in [0.5, 0.6) is 5.75 Å². The van der Waals surface area contributed by atoms with Crippen molar-refractivity contribution in [3.05, 3.63) is 41.5 Å². The summed E-state index contributed by atoms with van der Waals surface area (Å²) in [6.45, 7) is 7.14. The number of benzene rings is 2. The SMILES string of the molecule is CCC1c2ccc(OC(OC)C(C)C)c3cccc(c23)C1CN. The number of ether oxygens (including phenoxy) is 2. The molecule has 3 heteroatoms. The molecule has 2 aromatic carbocycles. The molecular weight excluding hydrogens is 286 g/mol. The molecule has 3 rings (SSSR count). The third-order valence-corrected chi connectivity index (χ3v) is 5.06. The van der Waals surface area contributed by atoms with Crippen molar-refractivity contribution in [1.29, 1.82) is 0 Å². The van der Waals surface area contributed by atoms with Crippen molar-refractivity contribution in [2.24, 2.45) is 11.7 Å². The Morgan fingerprint density at radius 3 is 2.43 bits per heavy atom. The van der Waals surface area contributed by atoms with E-state index < -0.39 is 0 Å². The Morgan fingerprint density at radius 1 is 1.09 bits per heavy atom. The predicted octanol–water partition coefficient (Wildman–Crippen LogP) is 4.40. The summed E-state index contributed by atoms with van der Waals surface area (Å²) in [4.78, 5) is 0. The molecule has 3 unspecified atom stereocenters. The lowest BCUT2D eigenvalue weighted by atomic mass is 9.88. The Kier molecular flexibility index (Phi) is 4.60. The minimum absolute atomic E-state index is 0.235. The van der Waals surface area contributed by atoms with Crippen LogP contribution in [0.15, 0.2) is 30.3 Å². The highest BCUT2D eigenvalue weighted by Gasteiger charge is 2.33. The molecule has 3 atom stereocenters. The highest BCUT2D eigenvalue weighted by atomic mass is 16.7. The van der Waals surface area contributed by atoms with Crippen LogP contribution in [0.3, 0.4) is 0 Å². The monoisotopic (exact) mass is 313 g/mol. The van der Waals surface area contributed by atoms with E-state index in [9.17, 15) is 0 Å². The van der Waals surface area contributed by atoms with Crippen LogP contribution in [0.2, 0.25) is 0 Å². The van der Waals surface area contributed by atoms with Gasteiger partial charge >= 0.3 is 0 Å². The first-order chi connectivity index (χ1) is 11.1. The topological polar surface area (TPSA) is 44.5 Å². The summed E-state index contributed by atoms with van der Waals surface area (Å²) in [5.74, 6) is 2.12. The normalized spacial score (nSPS) is 21.1. The number of methoxy groups -OCH3 is 1. The van der Waals surface area contributed by atoms with Gasteiger partial charge in [-0.3, -0.25) is 0 Å². The molecule has 23 heavy (non-hydrogen) atoms. The summed E-state index contributed by atoms with van der Waals surface area (Å²) in [6, 6.07) is 10.8. The van der Waals surface area contributed by atoms with Crippen molar-refractivity contribution in [2.75, 3.05) is 13.7 Å². The lowest BCUT2D eigenvalue weighted by molar-refractivity contribution is -0.0825. The fourth-order valence-corrected chi connectivity index (χ4v) is 3.97. The molecule has 0 aromatic heterocycles. The largest absolute Gasteiger partial charge is 0.464 e. The standard InChI is InChI=1S/C20H27NO2/c1-5-13-15-9-10-18(23-20(22-4)12(2)3)16-8-6-7-14(19(15)16)17(13)11-21/h6-10,12-13,17,20H,5,11,21H2,1-4H3. The average Bonchev–Trinajstić information content (AvgIpc) is 2.88. The zero-order valence-corrected chi connectivity index (χ0v) is 14.5. The molecule has 3 nitrogen and oxygen atoms in total. The van der Waals surface area contributed by atoms with E-state index in [4.69, 9.17) is 15.2 Å². The summed E-state index contributed by atoms with van der Waals surface area (Å²) >= 11 is 0. The van der Waals surface area contributed by atoms with Gasteiger partial charge in [-0.05, 0) is 41.5 Å². The van der Waals surface area contributed by atoms with Crippen LogP contribution >= 0.6 is 0 Å². The summed E-state index contributed by atoms with van der Waals surface area (Å²) in [5, 5.41) is 2.52.